The molecule has 0 amide bonds. The molecule has 1 aromatic heterocycles. The van der Waals surface area contributed by atoms with Crippen molar-refractivity contribution in [3.63, 3.8) is 0 Å². The minimum Gasteiger partial charge on any atom is -0.491 e. The van der Waals surface area contributed by atoms with Crippen LogP contribution in [0.3, 0.4) is 0 Å². The molecule has 1 aromatic rings. The zero-order valence-corrected chi connectivity index (χ0v) is 10.4. The number of methoxy groups -OCH3 is 2. The standard InChI is InChI=1S/C13H19NO3/c1-16-12-7-11(14-13(12)17-2)10-5-3-9(8-15)4-6-10/h7-10,14H,3-6H2,1-2H3. The van der Waals surface area contributed by atoms with Gasteiger partial charge in [0, 0.05) is 17.7 Å². The molecule has 1 fully saturated rings. The lowest BCUT2D eigenvalue weighted by atomic mass is 9.81. The van der Waals surface area contributed by atoms with E-state index in [9.17, 15) is 4.79 Å². The summed E-state index contributed by atoms with van der Waals surface area (Å²) >= 11 is 0. The number of H-pyrrole nitrogens is 1. The number of rotatable bonds is 4. The molecule has 94 valence electrons. The number of aldehydes is 1. The number of hydrogen-bond donors (Lipinski definition) is 1. The molecule has 0 spiro atoms. The van der Waals surface area contributed by atoms with E-state index in [1.54, 1.807) is 14.2 Å². The smallest absolute Gasteiger partial charge is 0.234 e. The zero-order valence-electron chi connectivity index (χ0n) is 10.4. The Morgan fingerprint density at radius 1 is 1.24 bits per heavy atom. The van der Waals surface area contributed by atoms with Gasteiger partial charge in [0.25, 0.3) is 0 Å². The SMILES string of the molecule is COc1cc(C2CCC(C=O)CC2)[nH]c1OC. The van der Waals surface area contributed by atoms with E-state index in [4.69, 9.17) is 9.47 Å². The van der Waals surface area contributed by atoms with Gasteiger partial charge in [0.2, 0.25) is 5.88 Å². The maximum Gasteiger partial charge on any atom is 0.234 e. The first-order valence-electron chi connectivity index (χ1n) is 6.04. The number of ether oxygens (including phenoxy) is 2. The van der Waals surface area contributed by atoms with E-state index < -0.39 is 0 Å². The van der Waals surface area contributed by atoms with E-state index in [1.165, 1.54) is 0 Å². The highest BCUT2D eigenvalue weighted by Gasteiger charge is 2.24. The molecule has 0 aliphatic heterocycles. The second-order valence-electron chi connectivity index (χ2n) is 4.57. The fourth-order valence-electron chi connectivity index (χ4n) is 2.53. The highest BCUT2D eigenvalue weighted by Crippen LogP contribution is 2.38. The summed E-state index contributed by atoms with van der Waals surface area (Å²) in [5.74, 6) is 2.18. The number of aromatic amines is 1. The van der Waals surface area contributed by atoms with Gasteiger partial charge in [0.1, 0.15) is 6.29 Å². The van der Waals surface area contributed by atoms with Crippen molar-refractivity contribution in [1.82, 2.24) is 4.98 Å². The Balaban J connectivity index is 2.07. The van der Waals surface area contributed by atoms with Crippen LogP contribution in [0.4, 0.5) is 0 Å². The lowest BCUT2D eigenvalue weighted by molar-refractivity contribution is -0.111. The Bertz CT molecular complexity index is 357. The molecule has 1 N–H and O–H groups in total. The summed E-state index contributed by atoms with van der Waals surface area (Å²) < 4.78 is 10.5. The van der Waals surface area contributed by atoms with Crippen LogP contribution in [-0.4, -0.2) is 25.5 Å². The van der Waals surface area contributed by atoms with Crippen LogP contribution in [0.25, 0.3) is 0 Å². The van der Waals surface area contributed by atoms with Gasteiger partial charge >= 0.3 is 0 Å². The van der Waals surface area contributed by atoms with Crippen LogP contribution < -0.4 is 9.47 Å². The van der Waals surface area contributed by atoms with E-state index in [2.05, 4.69) is 4.98 Å². The van der Waals surface area contributed by atoms with Crippen molar-refractivity contribution < 1.29 is 14.3 Å². The van der Waals surface area contributed by atoms with Crippen molar-refractivity contribution >= 4 is 6.29 Å². The van der Waals surface area contributed by atoms with Crippen molar-refractivity contribution in [2.45, 2.75) is 31.6 Å². The van der Waals surface area contributed by atoms with Crippen LogP contribution in [0.1, 0.15) is 37.3 Å². The molecule has 4 nitrogen and oxygen atoms in total. The molecular weight excluding hydrogens is 218 g/mol. The fraction of sp³-hybridized carbons (Fsp3) is 0.615. The van der Waals surface area contributed by atoms with Crippen molar-refractivity contribution in [2.24, 2.45) is 5.92 Å². The molecule has 0 unspecified atom stereocenters. The predicted octanol–water partition coefficient (Wildman–Crippen LogP) is 2.50. The monoisotopic (exact) mass is 237 g/mol. The van der Waals surface area contributed by atoms with Gasteiger partial charge in [-0.25, -0.2) is 0 Å². The average Bonchev–Trinajstić information content (AvgIpc) is 2.82. The third kappa shape index (κ3) is 2.46. The van der Waals surface area contributed by atoms with Crippen molar-refractivity contribution in [1.29, 1.82) is 0 Å². The van der Waals surface area contributed by atoms with Gasteiger partial charge in [-0.1, -0.05) is 0 Å². The first kappa shape index (κ1) is 12.0. The molecule has 0 aromatic carbocycles. The minimum absolute atomic E-state index is 0.255. The van der Waals surface area contributed by atoms with Crippen LogP contribution in [0.2, 0.25) is 0 Å². The van der Waals surface area contributed by atoms with Gasteiger partial charge in [-0.05, 0) is 31.6 Å². The van der Waals surface area contributed by atoms with Crippen LogP contribution in [0, 0.1) is 5.92 Å². The van der Waals surface area contributed by atoms with Crippen LogP contribution in [0.5, 0.6) is 11.6 Å². The van der Waals surface area contributed by atoms with E-state index in [-0.39, 0.29) is 5.92 Å². The maximum atomic E-state index is 10.7. The molecule has 0 saturated heterocycles. The molecule has 1 heterocycles. The van der Waals surface area contributed by atoms with Crippen molar-refractivity contribution in [2.75, 3.05) is 14.2 Å². The predicted molar refractivity (Wildman–Crippen MR) is 64.7 cm³/mol. The van der Waals surface area contributed by atoms with Crippen LogP contribution in [-0.2, 0) is 4.79 Å². The molecule has 17 heavy (non-hydrogen) atoms. The summed E-state index contributed by atoms with van der Waals surface area (Å²) in [5, 5.41) is 0. The van der Waals surface area contributed by atoms with Gasteiger partial charge in [0.15, 0.2) is 5.75 Å². The highest BCUT2D eigenvalue weighted by atomic mass is 16.5. The Kier molecular flexibility index (Phi) is 3.71. The first-order valence-corrected chi connectivity index (χ1v) is 6.04. The number of aromatic nitrogens is 1. The molecule has 0 bridgehead atoms. The van der Waals surface area contributed by atoms with E-state index in [0.29, 0.717) is 11.8 Å². The van der Waals surface area contributed by atoms with E-state index in [0.717, 1.165) is 43.4 Å². The Labute approximate surface area is 101 Å². The number of nitrogens with one attached hydrogen (secondary N) is 1. The number of carbonyl (C=O) groups is 1. The third-order valence-electron chi connectivity index (χ3n) is 3.60. The molecule has 0 atom stereocenters. The third-order valence-corrected chi connectivity index (χ3v) is 3.60. The molecule has 1 aliphatic carbocycles. The Morgan fingerprint density at radius 3 is 2.41 bits per heavy atom. The van der Waals surface area contributed by atoms with Gasteiger partial charge < -0.3 is 19.3 Å². The molecule has 1 aliphatic rings. The summed E-state index contributed by atoms with van der Waals surface area (Å²) in [6.45, 7) is 0. The quantitative estimate of drug-likeness (QED) is 0.818. The molecule has 1 saturated carbocycles. The Morgan fingerprint density at radius 2 is 1.94 bits per heavy atom. The Hall–Kier alpha value is -1.45. The topological polar surface area (TPSA) is 51.3 Å². The molecule has 2 rings (SSSR count). The number of carbonyl (C=O) groups excluding carboxylic acids is 1. The first-order chi connectivity index (χ1) is 8.28. The maximum absolute atomic E-state index is 10.7. The molecule has 4 heteroatoms. The summed E-state index contributed by atoms with van der Waals surface area (Å²) in [6, 6.07) is 2.00. The summed E-state index contributed by atoms with van der Waals surface area (Å²) in [4.78, 5) is 14.0. The normalized spacial score (nSPS) is 24.4. The van der Waals surface area contributed by atoms with Gasteiger partial charge in [-0.2, -0.15) is 0 Å². The van der Waals surface area contributed by atoms with Crippen molar-refractivity contribution in [3.8, 4) is 11.6 Å². The second-order valence-corrected chi connectivity index (χ2v) is 4.57. The largest absolute Gasteiger partial charge is 0.491 e. The molecule has 0 radical (unpaired) electrons. The van der Waals surface area contributed by atoms with Gasteiger partial charge in [-0.3, -0.25) is 0 Å². The van der Waals surface area contributed by atoms with E-state index >= 15 is 0 Å². The van der Waals surface area contributed by atoms with Crippen molar-refractivity contribution in [3.05, 3.63) is 11.8 Å². The minimum atomic E-state index is 0.255. The van der Waals surface area contributed by atoms with Crippen LogP contribution in [0.15, 0.2) is 6.07 Å². The van der Waals surface area contributed by atoms with Crippen LogP contribution >= 0.6 is 0 Å². The zero-order chi connectivity index (χ0) is 12.3. The summed E-state index contributed by atoms with van der Waals surface area (Å²) in [5.41, 5.74) is 1.16. The second kappa shape index (κ2) is 5.25. The van der Waals surface area contributed by atoms with Gasteiger partial charge in [0.05, 0.1) is 14.2 Å². The van der Waals surface area contributed by atoms with Gasteiger partial charge in [-0.15, -0.1) is 0 Å². The average molecular weight is 237 g/mol. The molecular formula is C13H19NO3. The number of hydrogen-bond acceptors (Lipinski definition) is 3. The summed E-state index contributed by atoms with van der Waals surface area (Å²) in [7, 11) is 3.26. The lowest BCUT2D eigenvalue weighted by Crippen LogP contribution is -2.14. The fourth-order valence-corrected chi connectivity index (χ4v) is 2.53. The highest BCUT2D eigenvalue weighted by molar-refractivity contribution is 5.53. The summed E-state index contributed by atoms with van der Waals surface area (Å²) in [6.07, 6.45) is 5.16. The lowest BCUT2D eigenvalue weighted by Gasteiger charge is -2.24. The van der Waals surface area contributed by atoms with E-state index in [1.807, 2.05) is 6.07 Å².